The van der Waals surface area contributed by atoms with Crippen LogP contribution in [0.25, 0.3) is 0 Å². The van der Waals surface area contributed by atoms with E-state index in [1.165, 1.54) is 14.2 Å². The van der Waals surface area contributed by atoms with Crippen LogP contribution in [0, 0.1) is 3.57 Å². The number of ether oxygens (including phenoxy) is 2. The molecule has 4 N–H and O–H groups in total. The van der Waals surface area contributed by atoms with Crippen LogP contribution >= 0.6 is 22.6 Å². The maximum Gasteiger partial charge on any atom is 0.316 e. The molecule has 0 aliphatic heterocycles. The van der Waals surface area contributed by atoms with Gasteiger partial charge in [-0.05, 0) is 59.0 Å². The standard InChI is InChI=1S/C16H16IN3O4/c1-23-13-7-11(12(17)8-14(13)24-2)15(21)19-9-3-5-10(6-4-9)20-16(18)22/h3-8H,1-2H3,(H,19,21)(H3,18,20,22). The Morgan fingerprint density at radius 1 is 0.958 bits per heavy atom. The third-order valence-electron chi connectivity index (χ3n) is 3.13. The Morgan fingerprint density at radius 3 is 1.96 bits per heavy atom. The van der Waals surface area contributed by atoms with E-state index in [9.17, 15) is 9.59 Å². The lowest BCUT2D eigenvalue weighted by Crippen LogP contribution is -2.19. The molecule has 0 radical (unpaired) electrons. The van der Waals surface area contributed by atoms with E-state index in [0.29, 0.717) is 28.4 Å². The summed E-state index contributed by atoms with van der Waals surface area (Å²) >= 11 is 2.06. The van der Waals surface area contributed by atoms with Crippen LogP contribution in [0.3, 0.4) is 0 Å². The number of benzene rings is 2. The molecule has 2 aromatic rings. The fourth-order valence-electron chi connectivity index (χ4n) is 2.01. The molecular weight excluding hydrogens is 425 g/mol. The van der Waals surface area contributed by atoms with Crippen LogP contribution in [0.15, 0.2) is 36.4 Å². The molecule has 0 spiro atoms. The Morgan fingerprint density at radius 2 is 1.46 bits per heavy atom. The van der Waals surface area contributed by atoms with Crippen LogP contribution in [0.4, 0.5) is 16.2 Å². The molecule has 2 aromatic carbocycles. The average molecular weight is 441 g/mol. The molecule has 0 saturated heterocycles. The van der Waals surface area contributed by atoms with Crippen molar-refractivity contribution in [3.8, 4) is 11.5 Å². The molecule has 7 nitrogen and oxygen atoms in total. The molecule has 126 valence electrons. The predicted octanol–water partition coefficient (Wildman–Crippen LogP) is 3.05. The second kappa shape index (κ2) is 7.86. The van der Waals surface area contributed by atoms with E-state index in [-0.39, 0.29) is 5.91 Å². The van der Waals surface area contributed by atoms with E-state index in [2.05, 4.69) is 33.2 Å². The van der Waals surface area contributed by atoms with Crippen molar-refractivity contribution in [3.63, 3.8) is 0 Å². The van der Waals surface area contributed by atoms with Gasteiger partial charge in [-0.2, -0.15) is 0 Å². The topological polar surface area (TPSA) is 103 Å². The zero-order valence-corrected chi connectivity index (χ0v) is 15.2. The van der Waals surface area contributed by atoms with Crippen LogP contribution in [0.1, 0.15) is 10.4 Å². The number of urea groups is 1. The normalized spacial score (nSPS) is 9.96. The molecule has 24 heavy (non-hydrogen) atoms. The Kier molecular flexibility index (Phi) is 5.85. The highest BCUT2D eigenvalue weighted by Gasteiger charge is 2.15. The second-order valence-electron chi connectivity index (χ2n) is 4.71. The van der Waals surface area contributed by atoms with Gasteiger partial charge in [-0.25, -0.2) is 4.79 Å². The summed E-state index contributed by atoms with van der Waals surface area (Å²) in [6, 6.07) is 9.31. The zero-order chi connectivity index (χ0) is 17.7. The Balaban J connectivity index is 2.19. The third-order valence-corrected chi connectivity index (χ3v) is 4.02. The largest absolute Gasteiger partial charge is 0.493 e. The van der Waals surface area contributed by atoms with E-state index < -0.39 is 6.03 Å². The second-order valence-corrected chi connectivity index (χ2v) is 5.87. The molecule has 0 saturated carbocycles. The number of hydrogen-bond acceptors (Lipinski definition) is 4. The quantitative estimate of drug-likeness (QED) is 0.621. The van der Waals surface area contributed by atoms with E-state index in [0.717, 1.165) is 3.57 Å². The van der Waals surface area contributed by atoms with E-state index in [1.54, 1.807) is 36.4 Å². The van der Waals surface area contributed by atoms with Gasteiger partial charge in [0.25, 0.3) is 5.91 Å². The Hall–Kier alpha value is -2.49. The number of rotatable bonds is 5. The molecule has 0 fully saturated rings. The SMILES string of the molecule is COc1cc(I)c(C(=O)Nc2ccc(NC(N)=O)cc2)cc1OC. The number of nitrogens with one attached hydrogen (secondary N) is 2. The molecule has 0 aliphatic rings. The first-order chi connectivity index (χ1) is 11.4. The fraction of sp³-hybridized carbons (Fsp3) is 0.125. The van der Waals surface area contributed by atoms with Gasteiger partial charge in [0.1, 0.15) is 0 Å². The highest BCUT2D eigenvalue weighted by atomic mass is 127. The van der Waals surface area contributed by atoms with Crippen molar-refractivity contribution < 1.29 is 19.1 Å². The molecule has 2 rings (SSSR count). The highest BCUT2D eigenvalue weighted by molar-refractivity contribution is 14.1. The molecule has 0 unspecified atom stereocenters. The van der Waals surface area contributed by atoms with Crippen LogP contribution in [-0.2, 0) is 0 Å². The van der Waals surface area contributed by atoms with Gasteiger partial charge in [-0.15, -0.1) is 0 Å². The number of carbonyl (C=O) groups excluding carboxylic acids is 2. The summed E-state index contributed by atoms with van der Waals surface area (Å²) in [7, 11) is 3.05. The van der Waals surface area contributed by atoms with Crippen molar-refractivity contribution in [1.82, 2.24) is 0 Å². The van der Waals surface area contributed by atoms with Gasteiger partial charge in [0.2, 0.25) is 0 Å². The molecule has 0 aliphatic carbocycles. The van der Waals surface area contributed by atoms with Crippen LogP contribution in [0.2, 0.25) is 0 Å². The summed E-state index contributed by atoms with van der Waals surface area (Å²) in [6.45, 7) is 0. The van der Waals surface area contributed by atoms with Crippen molar-refractivity contribution >= 4 is 45.9 Å². The van der Waals surface area contributed by atoms with Gasteiger partial charge >= 0.3 is 6.03 Å². The summed E-state index contributed by atoms with van der Waals surface area (Å²) in [5, 5.41) is 5.23. The first-order valence-electron chi connectivity index (χ1n) is 6.84. The summed E-state index contributed by atoms with van der Waals surface area (Å²) < 4.78 is 11.2. The van der Waals surface area contributed by atoms with E-state index >= 15 is 0 Å². The van der Waals surface area contributed by atoms with Gasteiger partial charge in [0.15, 0.2) is 11.5 Å². The minimum atomic E-state index is -0.647. The minimum absolute atomic E-state index is 0.282. The lowest BCUT2D eigenvalue weighted by Gasteiger charge is -2.12. The number of amides is 3. The van der Waals surface area contributed by atoms with Gasteiger partial charge < -0.3 is 25.8 Å². The molecule has 0 atom stereocenters. The lowest BCUT2D eigenvalue weighted by molar-refractivity contribution is 0.102. The summed E-state index contributed by atoms with van der Waals surface area (Å²) in [5.41, 5.74) is 6.64. The summed E-state index contributed by atoms with van der Waals surface area (Å²) in [5.74, 6) is 0.750. The maximum absolute atomic E-state index is 12.5. The van der Waals surface area contributed by atoms with Gasteiger partial charge in [0, 0.05) is 14.9 Å². The fourth-order valence-corrected chi connectivity index (χ4v) is 2.69. The first-order valence-corrected chi connectivity index (χ1v) is 7.92. The number of anilines is 2. The Bertz CT molecular complexity index is 763. The van der Waals surface area contributed by atoms with Gasteiger partial charge in [0.05, 0.1) is 19.8 Å². The molecule has 0 aromatic heterocycles. The predicted molar refractivity (Wildman–Crippen MR) is 99.9 cm³/mol. The number of halogens is 1. The number of primary amides is 1. The lowest BCUT2D eigenvalue weighted by atomic mass is 10.1. The monoisotopic (exact) mass is 441 g/mol. The maximum atomic E-state index is 12.5. The molecule has 0 bridgehead atoms. The smallest absolute Gasteiger partial charge is 0.316 e. The zero-order valence-electron chi connectivity index (χ0n) is 13.1. The molecule has 3 amide bonds. The van der Waals surface area contributed by atoms with E-state index in [1.807, 2.05) is 0 Å². The van der Waals surface area contributed by atoms with Crippen LogP contribution in [0.5, 0.6) is 11.5 Å². The van der Waals surface area contributed by atoms with Crippen molar-refractivity contribution in [2.75, 3.05) is 24.9 Å². The minimum Gasteiger partial charge on any atom is -0.493 e. The Labute approximate surface area is 152 Å². The first kappa shape index (κ1) is 17.9. The van der Waals surface area contributed by atoms with E-state index in [4.69, 9.17) is 15.2 Å². The van der Waals surface area contributed by atoms with Crippen molar-refractivity contribution in [2.45, 2.75) is 0 Å². The summed E-state index contributed by atoms with van der Waals surface area (Å²) in [6.07, 6.45) is 0. The number of nitrogens with two attached hydrogens (primary N) is 1. The number of hydrogen-bond donors (Lipinski definition) is 3. The van der Waals surface area contributed by atoms with Crippen molar-refractivity contribution in [2.24, 2.45) is 5.73 Å². The van der Waals surface area contributed by atoms with Crippen LogP contribution < -0.4 is 25.8 Å². The molecular formula is C16H16IN3O4. The summed E-state index contributed by atoms with van der Waals surface area (Å²) in [4.78, 5) is 23.2. The number of carbonyl (C=O) groups is 2. The number of methoxy groups -OCH3 is 2. The average Bonchev–Trinajstić information content (AvgIpc) is 2.55. The highest BCUT2D eigenvalue weighted by Crippen LogP contribution is 2.31. The molecule has 8 heteroatoms. The molecule has 0 heterocycles. The van der Waals surface area contributed by atoms with Crippen LogP contribution in [-0.4, -0.2) is 26.2 Å². The third kappa shape index (κ3) is 4.28. The van der Waals surface area contributed by atoms with Gasteiger partial charge in [-0.1, -0.05) is 0 Å². The van der Waals surface area contributed by atoms with Crippen molar-refractivity contribution in [1.29, 1.82) is 0 Å². The van der Waals surface area contributed by atoms with Gasteiger partial charge in [-0.3, -0.25) is 4.79 Å². The van der Waals surface area contributed by atoms with Crippen molar-refractivity contribution in [3.05, 3.63) is 45.5 Å².